The van der Waals surface area contributed by atoms with Gasteiger partial charge in [-0.15, -0.1) is 0 Å². The average molecular weight is 518 g/mol. The van der Waals surface area contributed by atoms with Crippen molar-refractivity contribution in [2.75, 3.05) is 24.4 Å². The summed E-state index contributed by atoms with van der Waals surface area (Å²) in [6, 6.07) is 15.6. The van der Waals surface area contributed by atoms with E-state index in [-0.39, 0.29) is 23.5 Å². The number of aryl methyl sites for hydroxylation is 2. The van der Waals surface area contributed by atoms with Gasteiger partial charge in [0.15, 0.2) is 0 Å². The summed E-state index contributed by atoms with van der Waals surface area (Å²) in [7, 11) is 0. The maximum absolute atomic E-state index is 13.2. The maximum Gasteiger partial charge on any atom is 0.251 e. The number of amides is 1. The summed E-state index contributed by atoms with van der Waals surface area (Å²) in [4.78, 5) is 26.1. The van der Waals surface area contributed by atoms with Gasteiger partial charge in [-0.3, -0.25) is 14.4 Å². The molecule has 0 aliphatic carbocycles. The van der Waals surface area contributed by atoms with Crippen LogP contribution in [0.25, 0.3) is 11.3 Å². The molecule has 8 heteroatoms. The summed E-state index contributed by atoms with van der Waals surface area (Å²) in [5.74, 6) is 0.888. The van der Waals surface area contributed by atoms with Crippen molar-refractivity contribution in [2.45, 2.75) is 58.1 Å². The van der Waals surface area contributed by atoms with Gasteiger partial charge in [0.05, 0.1) is 11.7 Å². The Morgan fingerprint density at radius 2 is 1.81 bits per heavy atom. The lowest BCUT2D eigenvalue weighted by atomic mass is 9.92. The minimum atomic E-state index is -0.228. The van der Waals surface area contributed by atoms with Crippen LogP contribution in [-0.2, 0) is 0 Å². The zero-order chi connectivity index (χ0) is 26.2. The van der Waals surface area contributed by atoms with Crippen LogP contribution in [-0.4, -0.2) is 52.6 Å². The number of nitrogens with zero attached hydrogens (tertiary/aromatic N) is 3. The highest BCUT2D eigenvalue weighted by molar-refractivity contribution is 8.00. The number of hydrogen-bond donors (Lipinski definition) is 2. The van der Waals surface area contributed by atoms with Crippen LogP contribution in [0.5, 0.6) is 5.88 Å². The predicted molar refractivity (Wildman–Crippen MR) is 149 cm³/mol. The van der Waals surface area contributed by atoms with Gasteiger partial charge in [-0.1, -0.05) is 45.0 Å². The molecule has 2 aliphatic heterocycles. The number of nitrogens with one attached hydrogen (secondary N) is 2. The highest BCUT2D eigenvalue weighted by atomic mass is 32.2. The fourth-order valence-electron chi connectivity index (χ4n) is 4.88. The monoisotopic (exact) mass is 517 g/mol. The number of hydrogen-bond acceptors (Lipinski definition) is 7. The molecule has 0 saturated carbocycles. The van der Waals surface area contributed by atoms with Gasteiger partial charge in [0, 0.05) is 35.2 Å². The Bertz CT molecular complexity index is 1290. The summed E-state index contributed by atoms with van der Waals surface area (Å²) in [6.07, 6.45) is 0.840. The highest BCUT2D eigenvalue weighted by Gasteiger charge is 2.36. The molecule has 3 heterocycles. The topological polar surface area (TPSA) is 79.4 Å². The molecule has 1 amide bonds. The second-order valence-electron chi connectivity index (χ2n) is 11.2. The first-order valence-electron chi connectivity index (χ1n) is 12.8. The Balaban J connectivity index is 1.53. The zero-order valence-electron chi connectivity index (χ0n) is 22.2. The van der Waals surface area contributed by atoms with E-state index in [1.807, 2.05) is 30.3 Å². The largest absolute Gasteiger partial charge is 0.471 e. The van der Waals surface area contributed by atoms with Crippen molar-refractivity contribution in [3.8, 4) is 17.1 Å². The summed E-state index contributed by atoms with van der Waals surface area (Å²) < 4.78 is 9.82. The first kappa shape index (κ1) is 25.5. The average Bonchev–Trinajstić information content (AvgIpc) is 3.21. The van der Waals surface area contributed by atoms with E-state index in [1.165, 1.54) is 11.9 Å². The zero-order valence-corrected chi connectivity index (χ0v) is 23.0. The van der Waals surface area contributed by atoms with Gasteiger partial charge in [-0.25, -0.2) is 4.98 Å². The molecular weight excluding hydrogens is 482 g/mol. The molecule has 0 unspecified atom stereocenters. The van der Waals surface area contributed by atoms with E-state index in [2.05, 4.69) is 67.8 Å². The van der Waals surface area contributed by atoms with Crippen molar-refractivity contribution in [1.29, 1.82) is 0 Å². The molecule has 0 radical (unpaired) electrons. The third-order valence-electron chi connectivity index (χ3n) is 6.90. The fourth-order valence-corrected chi connectivity index (χ4v) is 5.51. The number of benzene rings is 2. The third kappa shape index (κ3) is 6.08. The number of fused-ring (bicyclic) bond motifs is 5. The molecule has 7 nitrogen and oxygen atoms in total. The van der Waals surface area contributed by atoms with Gasteiger partial charge in [0.25, 0.3) is 5.91 Å². The summed E-state index contributed by atoms with van der Waals surface area (Å²) in [5.41, 5.74) is 5.05. The second kappa shape index (κ2) is 10.3. The number of anilines is 1. The van der Waals surface area contributed by atoms with Crippen molar-refractivity contribution in [2.24, 2.45) is 5.41 Å². The van der Waals surface area contributed by atoms with Crippen molar-refractivity contribution in [3.05, 3.63) is 65.2 Å². The fraction of sp³-hybridized carbons (Fsp3) is 0.414. The number of carbonyl (C=O) groups is 1. The lowest BCUT2D eigenvalue weighted by Crippen LogP contribution is -2.45. The molecule has 2 aromatic carbocycles. The van der Waals surface area contributed by atoms with Gasteiger partial charge in [0.1, 0.15) is 6.10 Å². The van der Waals surface area contributed by atoms with Crippen molar-refractivity contribution in [1.82, 2.24) is 20.2 Å². The molecule has 3 aromatic rings. The van der Waals surface area contributed by atoms with Gasteiger partial charge in [-0.05, 0) is 73.5 Å². The minimum Gasteiger partial charge on any atom is -0.471 e. The van der Waals surface area contributed by atoms with E-state index in [0.29, 0.717) is 17.4 Å². The first-order valence-corrected chi connectivity index (χ1v) is 13.6. The molecule has 37 heavy (non-hydrogen) atoms. The number of aromatic nitrogens is 2. The van der Waals surface area contributed by atoms with Crippen LogP contribution in [0, 0.1) is 19.3 Å². The van der Waals surface area contributed by atoms with E-state index < -0.39 is 0 Å². The van der Waals surface area contributed by atoms with Gasteiger partial charge in [-0.2, -0.15) is 4.98 Å². The van der Waals surface area contributed by atoms with E-state index in [0.717, 1.165) is 53.3 Å². The second-order valence-corrected chi connectivity index (χ2v) is 12.1. The molecule has 5 rings (SSSR count). The summed E-state index contributed by atoms with van der Waals surface area (Å²) >= 11 is 1.38. The van der Waals surface area contributed by atoms with Crippen LogP contribution in [0.3, 0.4) is 0 Å². The standard InChI is InChI=1S/C29H35N5O2S/c1-18-8-6-9-19(2)26(18)22-15-25-32-28(31-22)33-37-21-11-7-10-20(14-21)27(35)30-23-16-34(17-24(23)36-25)13-12-29(3,4)5/h6-11,14-15,23-24H,12-13,16-17H2,1-5H3,(H,30,35)(H,31,32,33)/t23-,24-/m1/s1. The lowest BCUT2D eigenvalue weighted by molar-refractivity contribution is 0.0901. The number of likely N-dealkylation sites (tertiary alicyclic amines) is 1. The molecule has 194 valence electrons. The Kier molecular flexibility index (Phi) is 7.14. The van der Waals surface area contributed by atoms with Crippen LogP contribution in [0.1, 0.15) is 48.7 Å². The van der Waals surface area contributed by atoms with Crippen molar-refractivity contribution in [3.63, 3.8) is 0 Å². The number of rotatable bonds is 3. The van der Waals surface area contributed by atoms with Crippen LogP contribution in [0.4, 0.5) is 5.95 Å². The predicted octanol–water partition coefficient (Wildman–Crippen LogP) is 5.49. The summed E-state index contributed by atoms with van der Waals surface area (Å²) in [5, 5.41) is 3.25. The van der Waals surface area contributed by atoms with E-state index in [4.69, 9.17) is 14.7 Å². The maximum atomic E-state index is 13.2. The normalized spacial score (nSPS) is 20.0. The molecule has 0 spiro atoms. The van der Waals surface area contributed by atoms with E-state index in [1.54, 1.807) is 0 Å². The Morgan fingerprint density at radius 1 is 1.05 bits per heavy atom. The Hall–Kier alpha value is -3.10. The third-order valence-corrected chi connectivity index (χ3v) is 7.68. The molecule has 1 aromatic heterocycles. The molecule has 2 aliphatic rings. The van der Waals surface area contributed by atoms with Crippen LogP contribution >= 0.6 is 11.9 Å². The van der Waals surface area contributed by atoms with Crippen molar-refractivity contribution < 1.29 is 9.53 Å². The van der Waals surface area contributed by atoms with Crippen LogP contribution < -0.4 is 14.8 Å². The van der Waals surface area contributed by atoms with Crippen LogP contribution in [0.2, 0.25) is 0 Å². The number of carbonyl (C=O) groups excluding carboxylic acids is 1. The SMILES string of the molecule is Cc1cccc(C)c1-c1cc2nc(n1)NSc1cccc(c1)C(=O)N[C@@H]1CN(CCC(C)(C)C)C[C@H]1O2. The quantitative estimate of drug-likeness (QED) is 0.445. The van der Waals surface area contributed by atoms with Gasteiger partial charge in [0.2, 0.25) is 11.8 Å². The Labute approximate surface area is 223 Å². The molecule has 1 saturated heterocycles. The van der Waals surface area contributed by atoms with E-state index in [9.17, 15) is 4.79 Å². The first-order chi connectivity index (χ1) is 17.6. The van der Waals surface area contributed by atoms with Crippen LogP contribution in [0.15, 0.2) is 53.4 Å². The van der Waals surface area contributed by atoms with Gasteiger partial charge < -0.3 is 10.1 Å². The van der Waals surface area contributed by atoms with Gasteiger partial charge >= 0.3 is 0 Å². The minimum absolute atomic E-state index is 0.0908. The molecular formula is C29H35N5O2S. The smallest absolute Gasteiger partial charge is 0.251 e. The summed E-state index contributed by atoms with van der Waals surface area (Å²) in [6.45, 7) is 13.4. The molecule has 4 bridgehead atoms. The molecule has 1 fully saturated rings. The molecule has 2 atom stereocenters. The highest BCUT2D eigenvalue weighted by Crippen LogP contribution is 2.31. The Morgan fingerprint density at radius 3 is 2.57 bits per heavy atom. The lowest BCUT2D eigenvalue weighted by Gasteiger charge is -2.23. The number of ether oxygens (including phenoxy) is 1. The van der Waals surface area contributed by atoms with Crippen molar-refractivity contribution >= 4 is 23.8 Å². The van der Waals surface area contributed by atoms with E-state index >= 15 is 0 Å². The molecule has 2 N–H and O–H groups in total.